The Morgan fingerprint density at radius 1 is 1.16 bits per heavy atom. The minimum atomic E-state index is -0.0562. The number of rotatable bonds is 5. The molecule has 0 radical (unpaired) electrons. The van der Waals surface area contributed by atoms with Gasteiger partial charge in [0.15, 0.2) is 0 Å². The fourth-order valence-corrected chi connectivity index (χ4v) is 1.99. The van der Waals surface area contributed by atoms with E-state index in [1.54, 1.807) is 11.0 Å². The van der Waals surface area contributed by atoms with Crippen molar-refractivity contribution >= 4 is 16.7 Å². The molecule has 0 saturated carbocycles. The number of pyridine rings is 1. The van der Waals surface area contributed by atoms with Gasteiger partial charge in [0, 0.05) is 18.5 Å². The van der Waals surface area contributed by atoms with E-state index in [0.29, 0.717) is 24.5 Å². The van der Waals surface area contributed by atoms with Gasteiger partial charge in [0.25, 0.3) is 0 Å². The molecule has 2 aromatic rings. The first-order chi connectivity index (χ1) is 9.30. The van der Waals surface area contributed by atoms with E-state index in [9.17, 15) is 5.26 Å². The van der Waals surface area contributed by atoms with Crippen molar-refractivity contribution in [2.75, 3.05) is 31.2 Å². The topological polar surface area (TPSA) is 80.4 Å². The number of aromatic nitrogens is 1. The molecule has 1 aromatic heterocycles. The van der Waals surface area contributed by atoms with Gasteiger partial charge in [-0.25, -0.2) is 4.98 Å². The van der Waals surface area contributed by atoms with Crippen molar-refractivity contribution < 1.29 is 10.2 Å². The minimum absolute atomic E-state index is 0.0562. The third-order valence-electron chi connectivity index (χ3n) is 2.86. The smallest absolute Gasteiger partial charge is 0.147 e. The van der Waals surface area contributed by atoms with Crippen molar-refractivity contribution in [3.8, 4) is 6.07 Å². The Morgan fingerprint density at radius 3 is 2.47 bits per heavy atom. The molecule has 0 saturated heterocycles. The molecular formula is C14H15N3O2. The van der Waals surface area contributed by atoms with Crippen LogP contribution >= 0.6 is 0 Å². The summed E-state index contributed by atoms with van der Waals surface area (Å²) in [6.07, 6.45) is 0. The van der Waals surface area contributed by atoms with Crippen LogP contribution < -0.4 is 4.90 Å². The van der Waals surface area contributed by atoms with Crippen LogP contribution in [0.3, 0.4) is 0 Å². The number of anilines is 1. The fraction of sp³-hybridized carbons (Fsp3) is 0.286. The molecule has 0 amide bonds. The Labute approximate surface area is 111 Å². The highest BCUT2D eigenvalue weighted by molar-refractivity contribution is 5.83. The monoisotopic (exact) mass is 257 g/mol. The summed E-state index contributed by atoms with van der Waals surface area (Å²) in [7, 11) is 0. The number of nitriles is 1. The summed E-state index contributed by atoms with van der Waals surface area (Å²) in [5, 5.41) is 28.3. The molecule has 0 atom stereocenters. The first-order valence-electron chi connectivity index (χ1n) is 6.06. The standard InChI is InChI=1S/C14H15N3O2/c15-10-12-9-11-3-1-2-4-13(11)16-14(12)17(5-7-18)6-8-19/h1-4,9,18-19H,5-8H2. The van der Waals surface area contributed by atoms with Crippen molar-refractivity contribution in [3.05, 3.63) is 35.9 Å². The van der Waals surface area contributed by atoms with Crippen LogP contribution in [0.4, 0.5) is 5.82 Å². The van der Waals surface area contributed by atoms with Gasteiger partial charge in [-0.15, -0.1) is 0 Å². The molecule has 0 aliphatic carbocycles. The molecule has 0 aliphatic heterocycles. The van der Waals surface area contributed by atoms with Crippen LogP contribution in [0, 0.1) is 11.3 Å². The summed E-state index contributed by atoms with van der Waals surface area (Å²) < 4.78 is 0. The van der Waals surface area contributed by atoms with E-state index in [2.05, 4.69) is 11.1 Å². The van der Waals surface area contributed by atoms with Crippen LogP contribution in [0.2, 0.25) is 0 Å². The van der Waals surface area contributed by atoms with Crippen LogP contribution in [-0.4, -0.2) is 41.5 Å². The van der Waals surface area contributed by atoms with Crippen molar-refractivity contribution in [2.24, 2.45) is 0 Å². The summed E-state index contributed by atoms with van der Waals surface area (Å²) >= 11 is 0. The van der Waals surface area contributed by atoms with E-state index in [4.69, 9.17) is 10.2 Å². The highest BCUT2D eigenvalue weighted by Crippen LogP contribution is 2.22. The zero-order valence-electron chi connectivity index (χ0n) is 10.5. The molecule has 1 heterocycles. The summed E-state index contributed by atoms with van der Waals surface area (Å²) in [5.74, 6) is 0.504. The van der Waals surface area contributed by atoms with Crippen LogP contribution in [-0.2, 0) is 0 Å². The van der Waals surface area contributed by atoms with Crippen LogP contribution in [0.15, 0.2) is 30.3 Å². The van der Waals surface area contributed by atoms with Gasteiger partial charge in [0.1, 0.15) is 11.9 Å². The second-order valence-corrected chi connectivity index (χ2v) is 4.10. The molecule has 1 aromatic carbocycles. The highest BCUT2D eigenvalue weighted by atomic mass is 16.3. The zero-order valence-corrected chi connectivity index (χ0v) is 10.5. The number of aliphatic hydroxyl groups excluding tert-OH is 2. The average Bonchev–Trinajstić information content (AvgIpc) is 2.45. The predicted octanol–water partition coefficient (Wildman–Crippen LogP) is 0.897. The Kier molecular flexibility index (Phi) is 4.29. The molecule has 98 valence electrons. The third-order valence-corrected chi connectivity index (χ3v) is 2.86. The normalized spacial score (nSPS) is 10.4. The lowest BCUT2D eigenvalue weighted by Crippen LogP contribution is -2.31. The first-order valence-corrected chi connectivity index (χ1v) is 6.06. The molecule has 5 nitrogen and oxygen atoms in total. The van der Waals surface area contributed by atoms with Crippen molar-refractivity contribution in [1.82, 2.24) is 4.98 Å². The molecule has 0 spiro atoms. The number of hydrogen-bond acceptors (Lipinski definition) is 5. The number of nitrogens with zero attached hydrogens (tertiary/aromatic N) is 3. The molecule has 19 heavy (non-hydrogen) atoms. The zero-order chi connectivity index (χ0) is 13.7. The van der Waals surface area contributed by atoms with E-state index >= 15 is 0 Å². The Morgan fingerprint density at radius 2 is 1.84 bits per heavy atom. The van der Waals surface area contributed by atoms with Gasteiger partial charge >= 0.3 is 0 Å². The number of aliphatic hydroxyl groups is 2. The second kappa shape index (κ2) is 6.14. The second-order valence-electron chi connectivity index (χ2n) is 4.10. The maximum atomic E-state index is 9.22. The SMILES string of the molecule is N#Cc1cc2ccccc2nc1N(CCO)CCO. The number of hydrogen-bond donors (Lipinski definition) is 2. The molecule has 2 N–H and O–H groups in total. The molecular weight excluding hydrogens is 242 g/mol. The third kappa shape index (κ3) is 2.81. The summed E-state index contributed by atoms with van der Waals surface area (Å²) in [6, 6.07) is 11.4. The highest BCUT2D eigenvalue weighted by Gasteiger charge is 2.13. The van der Waals surface area contributed by atoms with Gasteiger partial charge in [-0.1, -0.05) is 18.2 Å². The van der Waals surface area contributed by atoms with Gasteiger partial charge in [-0.05, 0) is 12.1 Å². The molecule has 0 aliphatic rings. The van der Waals surface area contributed by atoms with E-state index in [0.717, 1.165) is 10.9 Å². The minimum Gasteiger partial charge on any atom is -0.395 e. The lowest BCUT2D eigenvalue weighted by molar-refractivity contribution is 0.280. The maximum absolute atomic E-state index is 9.22. The van der Waals surface area contributed by atoms with E-state index in [1.807, 2.05) is 24.3 Å². The Balaban J connectivity index is 2.53. The molecule has 0 bridgehead atoms. The predicted molar refractivity (Wildman–Crippen MR) is 72.8 cm³/mol. The number of fused-ring (bicyclic) bond motifs is 1. The fourth-order valence-electron chi connectivity index (χ4n) is 1.99. The van der Waals surface area contributed by atoms with Crippen LogP contribution in [0.1, 0.15) is 5.56 Å². The lowest BCUT2D eigenvalue weighted by Gasteiger charge is -2.23. The van der Waals surface area contributed by atoms with Crippen LogP contribution in [0.25, 0.3) is 10.9 Å². The van der Waals surface area contributed by atoms with Crippen molar-refractivity contribution in [2.45, 2.75) is 0 Å². The summed E-state index contributed by atoms with van der Waals surface area (Å²) in [4.78, 5) is 6.18. The molecule has 0 unspecified atom stereocenters. The van der Waals surface area contributed by atoms with E-state index < -0.39 is 0 Å². The van der Waals surface area contributed by atoms with E-state index in [1.165, 1.54) is 0 Å². The average molecular weight is 257 g/mol. The Bertz CT molecular complexity index is 601. The van der Waals surface area contributed by atoms with Crippen molar-refractivity contribution in [3.63, 3.8) is 0 Å². The quantitative estimate of drug-likeness (QED) is 0.831. The van der Waals surface area contributed by atoms with Crippen LogP contribution in [0.5, 0.6) is 0 Å². The molecule has 5 heteroatoms. The summed E-state index contributed by atoms with van der Waals surface area (Å²) in [6.45, 7) is 0.555. The molecule has 0 fully saturated rings. The van der Waals surface area contributed by atoms with Gasteiger partial charge < -0.3 is 15.1 Å². The van der Waals surface area contributed by atoms with Gasteiger partial charge in [0.05, 0.1) is 24.3 Å². The van der Waals surface area contributed by atoms with Gasteiger partial charge in [0.2, 0.25) is 0 Å². The number of para-hydroxylation sites is 1. The largest absolute Gasteiger partial charge is 0.395 e. The van der Waals surface area contributed by atoms with E-state index in [-0.39, 0.29) is 13.2 Å². The lowest BCUT2D eigenvalue weighted by atomic mass is 10.1. The van der Waals surface area contributed by atoms with Gasteiger partial charge in [-0.2, -0.15) is 5.26 Å². The maximum Gasteiger partial charge on any atom is 0.147 e. The Hall–Kier alpha value is -2.16. The number of benzene rings is 1. The summed E-state index contributed by atoms with van der Waals surface area (Å²) in [5.41, 5.74) is 1.23. The van der Waals surface area contributed by atoms with Crippen molar-refractivity contribution in [1.29, 1.82) is 5.26 Å². The molecule has 2 rings (SSSR count). The van der Waals surface area contributed by atoms with Gasteiger partial charge in [-0.3, -0.25) is 0 Å². The first kappa shape index (κ1) is 13.3.